The predicted molar refractivity (Wildman–Crippen MR) is 79.6 cm³/mol. The number of aromatic nitrogens is 1. The monoisotopic (exact) mass is 303 g/mol. The molecule has 1 aromatic carbocycles. The molecule has 116 valence electrons. The standard InChI is InChI=1S/C16H18FN3O2/c1-20(14-6-7-18-9-14)15(21)8-13-10-22-16(19-13)11-2-4-12(17)5-3-11/h2-5,10,14,18H,6-9H2,1H3. The normalized spacial score (nSPS) is 17.6. The van der Waals surface area contributed by atoms with E-state index < -0.39 is 0 Å². The fraction of sp³-hybridized carbons (Fsp3) is 0.375. The number of carbonyl (C=O) groups is 1. The highest BCUT2D eigenvalue weighted by Crippen LogP contribution is 2.19. The molecule has 1 aliphatic rings. The molecule has 0 saturated carbocycles. The van der Waals surface area contributed by atoms with E-state index in [0.29, 0.717) is 17.1 Å². The highest BCUT2D eigenvalue weighted by atomic mass is 19.1. The summed E-state index contributed by atoms with van der Waals surface area (Å²) in [7, 11) is 1.82. The first-order chi connectivity index (χ1) is 10.6. The molecule has 5 nitrogen and oxygen atoms in total. The minimum Gasteiger partial charge on any atom is -0.444 e. The first kappa shape index (κ1) is 14.7. The van der Waals surface area contributed by atoms with E-state index in [9.17, 15) is 9.18 Å². The predicted octanol–water partition coefficient (Wildman–Crippen LogP) is 1.84. The summed E-state index contributed by atoms with van der Waals surface area (Å²) >= 11 is 0. The van der Waals surface area contributed by atoms with Crippen LogP contribution in [0.4, 0.5) is 4.39 Å². The van der Waals surface area contributed by atoms with Crippen molar-refractivity contribution in [2.75, 3.05) is 20.1 Å². The zero-order valence-corrected chi connectivity index (χ0v) is 12.4. The number of benzene rings is 1. The van der Waals surface area contributed by atoms with E-state index in [-0.39, 0.29) is 24.2 Å². The van der Waals surface area contributed by atoms with Crippen LogP contribution < -0.4 is 5.32 Å². The molecule has 1 amide bonds. The van der Waals surface area contributed by atoms with Gasteiger partial charge in [0.05, 0.1) is 12.1 Å². The molecule has 1 fully saturated rings. The number of amides is 1. The maximum absolute atomic E-state index is 12.9. The van der Waals surface area contributed by atoms with Crippen molar-refractivity contribution in [3.8, 4) is 11.5 Å². The molecule has 1 atom stereocenters. The molecule has 2 aromatic rings. The third kappa shape index (κ3) is 3.17. The summed E-state index contributed by atoms with van der Waals surface area (Å²) in [6.07, 6.45) is 2.66. The Balaban J connectivity index is 1.66. The average Bonchev–Trinajstić information content (AvgIpc) is 3.18. The SMILES string of the molecule is CN(C(=O)Cc1coc(-c2ccc(F)cc2)n1)C1CCNC1. The summed E-state index contributed by atoms with van der Waals surface area (Å²) < 4.78 is 18.3. The summed E-state index contributed by atoms with van der Waals surface area (Å²) in [5.74, 6) is 0.109. The molecule has 0 aliphatic carbocycles. The van der Waals surface area contributed by atoms with E-state index in [1.54, 1.807) is 17.0 Å². The minimum absolute atomic E-state index is 0.0210. The summed E-state index contributed by atoms with van der Waals surface area (Å²) in [6.45, 7) is 1.78. The van der Waals surface area contributed by atoms with Crippen LogP contribution in [0.25, 0.3) is 11.5 Å². The zero-order chi connectivity index (χ0) is 15.5. The van der Waals surface area contributed by atoms with E-state index in [4.69, 9.17) is 4.42 Å². The molecule has 1 N–H and O–H groups in total. The van der Waals surface area contributed by atoms with E-state index in [2.05, 4.69) is 10.3 Å². The Morgan fingerprint density at radius 1 is 1.45 bits per heavy atom. The van der Waals surface area contributed by atoms with Crippen LogP contribution in [0.5, 0.6) is 0 Å². The molecule has 3 rings (SSSR count). The number of nitrogens with one attached hydrogen (secondary N) is 1. The van der Waals surface area contributed by atoms with Crippen molar-refractivity contribution in [2.45, 2.75) is 18.9 Å². The van der Waals surface area contributed by atoms with Crippen LogP contribution >= 0.6 is 0 Å². The molecule has 6 heteroatoms. The minimum atomic E-state index is -0.308. The number of carbonyl (C=O) groups excluding carboxylic acids is 1. The van der Waals surface area contributed by atoms with Crippen LogP contribution in [0.15, 0.2) is 34.9 Å². The van der Waals surface area contributed by atoms with Crippen molar-refractivity contribution in [3.05, 3.63) is 42.0 Å². The van der Waals surface area contributed by atoms with Gasteiger partial charge in [0.25, 0.3) is 0 Å². The lowest BCUT2D eigenvalue weighted by Gasteiger charge is -2.23. The molecule has 0 bridgehead atoms. The largest absolute Gasteiger partial charge is 0.444 e. The maximum atomic E-state index is 12.9. The number of rotatable bonds is 4. The lowest BCUT2D eigenvalue weighted by atomic mass is 10.2. The van der Waals surface area contributed by atoms with Crippen molar-refractivity contribution in [3.63, 3.8) is 0 Å². The number of nitrogens with zero attached hydrogens (tertiary/aromatic N) is 2. The van der Waals surface area contributed by atoms with Gasteiger partial charge in [-0.05, 0) is 37.2 Å². The molecule has 1 aliphatic heterocycles. The van der Waals surface area contributed by atoms with Gasteiger partial charge >= 0.3 is 0 Å². The highest BCUT2D eigenvalue weighted by Gasteiger charge is 2.23. The van der Waals surface area contributed by atoms with Crippen molar-refractivity contribution < 1.29 is 13.6 Å². The summed E-state index contributed by atoms with van der Waals surface area (Å²) in [6, 6.07) is 6.15. The van der Waals surface area contributed by atoms with Gasteiger partial charge in [-0.1, -0.05) is 0 Å². The molecule has 1 unspecified atom stereocenters. The highest BCUT2D eigenvalue weighted by molar-refractivity contribution is 5.78. The van der Waals surface area contributed by atoms with Crippen LogP contribution in [-0.2, 0) is 11.2 Å². The van der Waals surface area contributed by atoms with Crippen molar-refractivity contribution in [2.24, 2.45) is 0 Å². The fourth-order valence-electron chi connectivity index (χ4n) is 2.57. The Labute approximate surface area is 128 Å². The molecule has 2 heterocycles. The fourth-order valence-corrected chi connectivity index (χ4v) is 2.57. The van der Waals surface area contributed by atoms with Gasteiger partial charge in [-0.3, -0.25) is 4.79 Å². The quantitative estimate of drug-likeness (QED) is 0.936. The topological polar surface area (TPSA) is 58.4 Å². The van der Waals surface area contributed by atoms with Crippen LogP contribution in [-0.4, -0.2) is 42.0 Å². The third-order valence-corrected chi connectivity index (χ3v) is 3.95. The number of hydrogen-bond acceptors (Lipinski definition) is 4. The summed E-state index contributed by atoms with van der Waals surface area (Å²) in [5, 5.41) is 3.24. The Kier molecular flexibility index (Phi) is 4.20. The van der Waals surface area contributed by atoms with Crippen LogP contribution in [0, 0.1) is 5.82 Å². The van der Waals surface area contributed by atoms with Gasteiger partial charge < -0.3 is 14.6 Å². The van der Waals surface area contributed by atoms with Crippen molar-refractivity contribution in [1.29, 1.82) is 0 Å². The molecular weight excluding hydrogens is 285 g/mol. The van der Waals surface area contributed by atoms with Gasteiger partial charge in [-0.2, -0.15) is 0 Å². The molecule has 0 radical (unpaired) electrons. The maximum Gasteiger partial charge on any atom is 0.228 e. The van der Waals surface area contributed by atoms with Crippen molar-refractivity contribution >= 4 is 5.91 Å². The summed E-state index contributed by atoms with van der Waals surface area (Å²) in [5.41, 5.74) is 1.27. The first-order valence-electron chi connectivity index (χ1n) is 7.30. The van der Waals surface area contributed by atoms with Crippen LogP contribution in [0.1, 0.15) is 12.1 Å². The average molecular weight is 303 g/mol. The van der Waals surface area contributed by atoms with Gasteiger partial charge in [-0.15, -0.1) is 0 Å². The second-order valence-corrected chi connectivity index (χ2v) is 5.48. The molecule has 22 heavy (non-hydrogen) atoms. The zero-order valence-electron chi connectivity index (χ0n) is 12.4. The Hall–Kier alpha value is -2.21. The molecule has 1 saturated heterocycles. The smallest absolute Gasteiger partial charge is 0.228 e. The molecule has 0 spiro atoms. The summed E-state index contributed by atoms with van der Waals surface area (Å²) in [4.78, 5) is 18.3. The van der Waals surface area contributed by atoms with E-state index in [0.717, 1.165) is 19.5 Å². The van der Waals surface area contributed by atoms with E-state index in [1.807, 2.05) is 7.05 Å². The van der Waals surface area contributed by atoms with Gasteiger partial charge in [0.2, 0.25) is 11.8 Å². The van der Waals surface area contributed by atoms with E-state index in [1.165, 1.54) is 18.4 Å². The van der Waals surface area contributed by atoms with E-state index >= 15 is 0 Å². The van der Waals surface area contributed by atoms with Gasteiger partial charge in [-0.25, -0.2) is 9.37 Å². The Morgan fingerprint density at radius 2 is 2.23 bits per heavy atom. The lowest BCUT2D eigenvalue weighted by molar-refractivity contribution is -0.130. The van der Waals surface area contributed by atoms with Gasteiger partial charge in [0.1, 0.15) is 12.1 Å². The Bertz CT molecular complexity index is 648. The second-order valence-electron chi connectivity index (χ2n) is 5.48. The molecule has 1 aromatic heterocycles. The number of halogens is 1. The van der Waals surface area contributed by atoms with Gasteiger partial charge in [0, 0.05) is 25.2 Å². The third-order valence-electron chi connectivity index (χ3n) is 3.95. The molecular formula is C16H18FN3O2. The number of oxazole rings is 1. The Morgan fingerprint density at radius 3 is 2.91 bits per heavy atom. The first-order valence-corrected chi connectivity index (χ1v) is 7.30. The van der Waals surface area contributed by atoms with Crippen LogP contribution in [0.3, 0.4) is 0 Å². The second kappa shape index (κ2) is 6.27. The van der Waals surface area contributed by atoms with Crippen molar-refractivity contribution in [1.82, 2.24) is 15.2 Å². The number of hydrogen-bond donors (Lipinski definition) is 1. The van der Waals surface area contributed by atoms with Gasteiger partial charge in [0.15, 0.2) is 0 Å². The van der Waals surface area contributed by atoms with Crippen LogP contribution in [0.2, 0.25) is 0 Å². The lowest BCUT2D eigenvalue weighted by Crippen LogP contribution is -2.39. The number of likely N-dealkylation sites (N-methyl/N-ethyl adjacent to an activating group) is 1.